The third-order valence-electron chi connectivity index (χ3n) is 3.92. The van der Waals surface area contributed by atoms with E-state index in [1.165, 1.54) is 4.57 Å². The zero-order chi connectivity index (χ0) is 19.8. The quantitative estimate of drug-likeness (QED) is 0.689. The summed E-state index contributed by atoms with van der Waals surface area (Å²) in [6.07, 6.45) is -0.630. The number of pyridine rings is 1. The summed E-state index contributed by atoms with van der Waals surface area (Å²) in [5.41, 5.74) is -0.210. The second-order valence-electron chi connectivity index (χ2n) is 7.19. The van der Waals surface area contributed by atoms with Gasteiger partial charge in [0.2, 0.25) is 0 Å². The minimum absolute atomic E-state index is 0.394. The van der Waals surface area contributed by atoms with E-state index in [9.17, 15) is 19.5 Å². The molecule has 0 atom stereocenters. The van der Waals surface area contributed by atoms with Gasteiger partial charge in [-0.1, -0.05) is 24.3 Å². The maximum absolute atomic E-state index is 12.8. The molecule has 0 aliphatic heterocycles. The van der Waals surface area contributed by atoms with Crippen molar-refractivity contribution in [1.82, 2.24) is 4.57 Å². The number of amides is 1. The number of rotatable bonds is 3. The Morgan fingerprint density at radius 2 is 1.74 bits per heavy atom. The number of anilines is 1. The molecule has 2 N–H and O–H groups in total. The van der Waals surface area contributed by atoms with Gasteiger partial charge in [-0.05, 0) is 44.4 Å². The van der Waals surface area contributed by atoms with Crippen LogP contribution in [0.5, 0.6) is 0 Å². The molecule has 2 aromatic carbocycles. The number of carboxylic acid groups (broad SMARTS) is 1. The molecule has 0 radical (unpaired) electrons. The summed E-state index contributed by atoms with van der Waals surface area (Å²) in [4.78, 5) is 36.1. The first-order chi connectivity index (χ1) is 12.7. The lowest BCUT2D eigenvalue weighted by Crippen LogP contribution is -2.27. The van der Waals surface area contributed by atoms with Crippen molar-refractivity contribution >= 4 is 39.4 Å². The van der Waals surface area contributed by atoms with Crippen molar-refractivity contribution < 1.29 is 19.4 Å². The third-order valence-corrected chi connectivity index (χ3v) is 3.92. The lowest BCUT2D eigenvalue weighted by atomic mass is 10.1. The number of carbonyl (C=O) groups is 2. The number of benzene rings is 2. The van der Waals surface area contributed by atoms with Crippen LogP contribution in [0.25, 0.3) is 21.7 Å². The van der Waals surface area contributed by atoms with E-state index >= 15 is 0 Å². The molecule has 3 rings (SSSR count). The van der Waals surface area contributed by atoms with E-state index < -0.39 is 29.8 Å². The fourth-order valence-electron chi connectivity index (χ4n) is 2.93. The smallest absolute Gasteiger partial charge is 0.412 e. The number of carbonyl (C=O) groups excluding carboxylic acids is 1. The average molecular weight is 368 g/mol. The molecule has 7 heteroatoms. The largest absolute Gasteiger partial charge is 0.480 e. The lowest BCUT2D eigenvalue weighted by Gasteiger charge is -2.20. The SMILES string of the molecule is CC(C)(C)OC(=O)Nc1ccc2c3ccccc3c(=O)n(CC(=O)O)c2c1. The summed E-state index contributed by atoms with van der Waals surface area (Å²) in [6, 6.07) is 12.1. The second-order valence-corrected chi connectivity index (χ2v) is 7.19. The van der Waals surface area contributed by atoms with Crippen LogP contribution in [0.2, 0.25) is 0 Å². The Morgan fingerprint density at radius 1 is 1.07 bits per heavy atom. The highest BCUT2D eigenvalue weighted by molar-refractivity contribution is 6.07. The maximum Gasteiger partial charge on any atom is 0.412 e. The van der Waals surface area contributed by atoms with Gasteiger partial charge in [-0.3, -0.25) is 19.5 Å². The molecule has 3 aromatic rings. The first-order valence-corrected chi connectivity index (χ1v) is 8.43. The lowest BCUT2D eigenvalue weighted by molar-refractivity contribution is -0.137. The van der Waals surface area contributed by atoms with E-state index in [1.807, 2.05) is 12.1 Å². The Balaban J connectivity index is 2.17. The van der Waals surface area contributed by atoms with Gasteiger partial charge in [-0.25, -0.2) is 4.79 Å². The fourth-order valence-corrected chi connectivity index (χ4v) is 2.93. The standard InChI is InChI=1S/C20H20N2O5/c1-20(2,3)27-19(26)21-12-8-9-14-13-6-4-5-7-15(13)18(25)22(11-17(23)24)16(14)10-12/h4-10H,11H2,1-3H3,(H,21,26)(H,23,24). The van der Waals surface area contributed by atoms with Crippen LogP contribution in [0, 0.1) is 0 Å². The molecule has 27 heavy (non-hydrogen) atoms. The van der Waals surface area contributed by atoms with Crippen molar-refractivity contribution in [3.63, 3.8) is 0 Å². The van der Waals surface area contributed by atoms with Gasteiger partial charge in [-0.2, -0.15) is 0 Å². The molecule has 0 unspecified atom stereocenters. The van der Waals surface area contributed by atoms with Crippen LogP contribution in [0.15, 0.2) is 47.3 Å². The first-order valence-electron chi connectivity index (χ1n) is 8.43. The Bertz CT molecular complexity index is 1110. The zero-order valence-electron chi connectivity index (χ0n) is 15.3. The Hall–Kier alpha value is -3.35. The predicted molar refractivity (Wildman–Crippen MR) is 103 cm³/mol. The Morgan fingerprint density at radius 3 is 2.37 bits per heavy atom. The third kappa shape index (κ3) is 3.92. The molecule has 1 aromatic heterocycles. The number of ether oxygens (including phenoxy) is 1. The van der Waals surface area contributed by atoms with Crippen LogP contribution < -0.4 is 10.9 Å². The monoisotopic (exact) mass is 368 g/mol. The van der Waals surface area contributed by atoms with Crippen LogP contribution in [0.1, 0.15) is 20.8 Å². The minimum Gasteiger partial charge on any atom is -0.480 e. The molecule has 1 amide bonds. The molecule has 1 heterocycles. The van der Waals surface area contributed by atoms with Gasteiger partial charge in [0.15, 0.2) is 0 Å². The molecule has 0 aliphatic carbocycles. The zero-order valence-corrected chi connectivity index (χ0v) is 15.3. The first kappa shape index (κ1) is 18.4. The van der Waals surface area contributed by atoms with Crippen molar-refractivity contribution in [2.24, 2.45) is 0 Å². The Labute approximate surface area is 155 Å². The number of hydrogen-bond donors (Lipinski definition) is 2. The van der Waals surface area contributed by atoms with Gasteiger partial charge in [0.25, 0.3) is 5.56 Å². The Kier molecular flexibility index (Phi) is 4.61. The molecule has 0 bridgehead atoms. The number of hydrogen-bond acceptors (Lipinski definition) is 4. The number of nitrogens with one attached hydrogen (secondary N) is 1. The van der Waals surface area contributed by atoms with E-state index in [0.29, 0.717) is 16.6 Å². The fraction of sp³-hybridized carbons (Fsp3) is 0.250. The van der Waals surface area contributed by atoms with Crippen LogP contribution in [0.3, 0.4) is 0 Å². The molecule has 7 nitrogen and oxygen atoms in total. The summed E-state index contributed by atoms with van der Waals surface area (Å²) >= 11 is 0. The molecule has 0 spiro atoms. The minimum atomic E-state index is -1.13. The van der Waals surface area contributed by atoms with E-state index in [1.54, 1.807) is 51.1 Å². The van der Waals surface area contributed by atoms with Gasteiger partial charge in [0, 0.05) is 16.5 Å². The summed E-state index contributed by atoms with van der Waals surface area (Å²) in [5, 5.41) is 13.7. The molecular weight excluding hydrogens is 348 g/mol. The molecule has 0 saturated carbocycles. The van der Waals surface area contributed by atoms with E-state index in [2.05, 4.69) is 5.32 Å². The van der Waals surface area contributed by atoms with Gasteiger partial charge in [0.1, 0.15) is 12.1 Å². The topological polar surface area (TPSA) is 97.6 Å². The van der Waals surface area contributed by atoms with Gasteiger partial charge < -0.3 is 9.84 Å². The van der Waals surface area contributed by atoms with Crippen molar-refractivity contribution in [2.45, 2.75) is 32.9 Å². The van der Waals surface area contributed by atoms with Crippen molar-refractivity contribution in [1.29, 1.82) is 0 Å². The van der Waals surface area contributed by atoms with Crippen LogP contribution in [0.4, 0.5) is 10.5 Å². The maximum atomic E-state index is 12.8. The predicted octanol–water partition coefficient (Wildman–Crippen LogP) is 3.59. The van der Waals surface area contributed by atoms with Gasteiger partial charge >= 0.3 is 12.1 Å². The molecule has 0 saturated heterocycles. The summed E-state index contributed by atoms with van der Waals surface area (Å²) in [7, 11) is 0. The highest BCUT2D eigenvalue weighted by Gasteiger charge is 2.17. The van der Waals surface area contributed by atoms with Gasteiger partial charge in [-0.15, -0.1) is 0 Å². The van der Waals surface area contributed by atoms with E-state index in [0.717, 1.165) is 10.8 Å². The van der Waals surface area contributed by atoms with E-state index in [4.69, 9.17) is 4.74 Å². The number of carboxylic acids is 1. The van der Waals surface area contributed by atoms with Crippen molar-refractivity contribution in [3.05, 3.63) is 52.8 Å². The van der Waals surface area contributed by atoms with Gasteiger partial charge in [0.05, 0.1) is 5.52 Å². The molecular formula is C20H20N2O5. The summed E-state index contributed by atoms with van der Waals surface area (Å²) in [6.45, 7) is 4.78. The van der Waals surface area contributed by atoms with E-state index in [-0.39, 0.29) is 0 Å². The van der Waals surface area contributed by atoms with Crippen LogP contribution in [-0.2, 0) is 16.1 Å². The van der Waals surface area contributed by atoms with Crippen LogP contribution in [-0.4, -0.2) is 27.3 Å². The normalized spacial score (nSPS) is 11.5. The summed E-state index contributed by atoms with van der Waals surface area (Å²) < 4.78 is 6.42. The summed E-state index contributed by atoms with van der Waals surface area (Å²) in [5.74, 6) is -1.13. The number of aromatic nitrogens is 1. The number of nitrogens with zero attached hydrogens (tertiary/aromatic N) is 1. The molecule has 0 fully saturated rings. The number of fused-ring (bicyclic) bond motifs is 3. The second kappa shape index (κ2) is 6.75. The molecule has 140 valence electrons. The average Bonchev–Trinajstić information content (AvgIpc) is 2.56. The highest BCUT2D eigenvalue weighted by Crippen LogP contribution is 2.26. The number of aliphatic carboxylic acids is 1. The molecule has 0 aliphatic rings. The van der Waals surface area contributed by atoms with Crippen molar-refractivity contribution in [3.8, 4) is 0 Å². The van der Waals surface area contributed by atoms with Crippen molar-refractivity contribution in [2.75, 3.05) is 5.32 Å². The highest BCUT2D eigenvalue weighted by atomic mass is 16.6. The van der Waals surface area contributed by atoms with Crippen LogP contribution >= 0.6 is 0 Å².